The maximum Gasteiger partial charge on any atom is 0.223 e. The first-order valence-electron chi connectivity index (χ1n) is 11.8. The molecule has 1 aliphatic rings. The summed E-state index contributed by atoms with van der Waals surface area (Å²) in [6.45, 7) is 6.45. The summed E-state index contributed by atoms with van der Waals surface area (Å²) in [5.74, 6) is 0.887. The number of amides is 1. The quantitative estimate of drug-likeness (QED) is 0.391. The van der Waals surface area contributed by atoms with Crippen molar-refractivity contribution in [3.63, 3.8) is 0 Å². The number of aromatic nitrogens is 2. The van der Waals surface area contributed by atoms with Crippen molar-refractivity contribution in [3.05, 3.63) is 82.8 Å². The van der Waals surface area contributed by atoms with Gasteiger partial charge in [-0.25, -0.2) is 4.98 Å². The van der Waals surface area contributed by atoms with Gasteiger partial charge in [-0.3, -0.25) is 9.78 Å². The monoisotopic (exact) mass is 490 g/mol. The molecule has 3 aromatic rings. The van der Waals surface area contributed by atoms with Gasteiger partial charge in [0.25, 0.3) is 0 Å². The van der Waals surface area contributed by atoms with E-state index in [-0.39, 0.29) is 18.4 Å². The molecule has 1 aromatic carbocycles. The molecule has 2 heterocycles. The van der Waals surface area contributed by atoms with Crippen LogP contribution in [0.1, 0.15) is 41.6 Å². The molecular formula is C28H31ClN4O2. The Balaban J connectivity index is 1.62. The Morgan fingerprint density at radius 2 is 2.11 bits per heavy atom. The summed E-state index contributed by atoms with van der Waals surface area (Å²) in [5.41, 5.74) is 5.42. The van der Waals surface area contributed by atoms with Crippen LogP contribution in [0.3, 0.4) is 0 Å². The van der Waals surface area contributed by atoms with Gasteiger partial charge in [-0.2, -0.15) is 0 Å². The van der Waals surface area contributed by atoms with Crippen LogP contribution in [0.2, 0.25) is 5.02 Å². The summed E-state index contributed by atoms with van der Waals surface area (Å²) in [5, 5.41) is 4.52. The van der Waals surface area contributed by atoms with Crippen LogP contribution in [0, 0.1) is 12.8 Å². The summed E-state index contributed by atoms with van der Waals surface area (Å²) < 4.78 is 6.28. The number of aryl methyl sites for hydroxylation is 1. The molecule has 35 heavy (non-hydrogen) atoms. The molecular weight excluding hydrogens is 460 g/mol. The molecule has 7 heteroatoms. The number of nitrogens with one attached hydrogen (secondary N) is 1. The molecule has 2 aromatic heterocycles. The van der Waals surface area contributed by atoms with Gasteiger partial charge >= 0.3 is 0 Å². The number of rotatable bonds is 9. The summed E-state index contributed by atoms with van der Waals surface area (Å²) in [7, 11) is 4.02. The maximum atomic E-state index is 12.3. The normalized spacial score (nSPS) is 13.9. The lowest BCUT2D eigenvalue weighted by atomic mass is 9.85. The second-order valence-electron chi connectivity index (χ2n) is 9.04. The molecule has 0 unspecified atom stereocenters. The number of pyridine rings is 2. The Morgan fingerprint density at radius 1 is 1.31 bits per heavy atom. The molecule has 1 amide bonds. The number of nitrogens with zero attached hydrogens (tertiary/aromatic N) is 3. The van der Waals surface area contributed by atoms with E-state index in [1.807, 2.05) is 45.3 Å². The van der Waals surface area contributed by atoms with Crippen LogP contribution >= 0.6 is 11.6 Å². The highest BCUT2D eigenvalue weighted by Crippen LogP contribution is 2.33. The summed E-state index contributed by atoms with van der Waals surface area (Å²) in [6, 6.07) is 8.00. The van der Waals surface area contributed by atoms with E-state index >= 15 is 0 Å². The van der Waals surface area contributed by atoms with Gasteiger partial charge in [-0.15, -0.1) is 0 Å². The minimum absolute atomic E-state index is 0.0913. The molecule has 0 radical (unpaired) electrons. The number of fused-ring (bicyclic) bond motifs is 1. The second kappa shape index (κ2) is 10.9. The first-order chi connectivity index (χ1) is 16.9. The molecule has 0 atom stereocenters. The van der Waals surface area contributed by atoms with Gasteiger partial charge < -0.3 is 15.0 Å². The van der Waals surface area contributed by atoms with Crippen molar-refractivity contribution in [1.82, 2.24) is 20.2 Å². The Kier molecular flexibility index (Phi) is 7.71. The number of benzene rings is 1. The Bertz CT molecular complexity index is 1280. The van der Waals surface area contributed by atoms with E-state index in [0.29, 0.717) is 17.3 Å². The van der Waals surface area contributed by atoms with Gasteiger partial charge in [-0.1, -0.05) is 42.8 Å². The number of hydrogen-bond acceptors (Lipinski definition) is 5. The van der Waals surface area contributed by atoms with E-state index in [4.69, 9.17) is 21.3 Å². The number of allylic oxidation sites excluding steroid dienone is 2. The Labute approximate surface area is 211 Å². The number of halogens is 1. The first-order valence-corrected chi connectivity index (χ1v) is 12.2. The van der Waals surface area contributed by atoms with Crippen molar-refractivity contribution in [2.45, 2.75) is 39.3 Å². The molecule has 6 nitrogen and oxygen atoms in total. The summed E-state index contributed by atoms with van der Waals surface area (Å²) in [4.78, 5) is 23.4. The van der Waals surface area contributed by atoms with Gasteiger partial charge in [0.05, 0.1) is 5.02 Å². The molecule has 1 fully saturated rings. The van der Waals surface area contributed by atoms with Crippen LogP contribution in [0.5, 0.6) is 5.75 Å². The molecule has 182 valence electrons. The number of carbonyl (C=O) groups is 1. The highest BCUT2D eigenvalue weighted by Gasteiger charge is 2.25. The van der Waals surface area contributed by atoms with E-state index in [1.165, 1.54) is 0 Å². The first kappa shape index (κ1) is 24.7. The zero-order valence-electron chi connectivity index (χ0n) is 20.5. The van der Waals surface area contributed by atoms with Crippen molar-refractivity contribution < 1.29 is 9.53 Å². The third-order valence-corrected chi connectivity index (χ3v) is 6.68. The Hall–Kier alpha value is -3.38. The summed E-state index contributed by atoms with van der Waals surface area (Å²) >= 11 is 6.50. The third kappa shape index (κ3) is 5.49. The third-order valence-electron chi connectivity index (χ3n) is 6.36. The van der Waals surface area contributed by atoms with Crippen molar-refractivity contribution in [3.8, 4) is 5.75 Å². The number of ether oxygens (including phenoxy) is 1. The number of hydrogen-bond donors (Lipinski definition) is 1. The predicted octanol–water partition coefficient (Wildman–Crippen LogP) is 5.68. The van der Waals surface area contributed by atoms with Crippen LogP contribution in [0.25, 0.3) is 16.6 Å². The van der Waals surface area contributed by atoms with E-state index in [2.05, 4.69) is 27.8 Å². The van der Waals surface area contributed by atoms with Crippen LogP contribution in [-0.2, 0) is 17.9 Å². The van der Waals surface area contributed by atoms with Crippen molar-refractivity contribution in [2.24, 2.45) is 5.92 Å². The van der Waals surface area contributed by atoms with E-state index in [0.717, 1.165) is 58.2 Å². The van der Waals surface area contributed by atoms with E-state index in [9.17, 15) is 4.79 Å². The zero-order chi connectivity index (χ0) is 24.9. The second-order valence-corrected chi connectivity index (χ2v) is 9.45. The molecule has 0 bridgehead atoms. The van der Waals surface area contributed by atoms with Crippen LogP contribution in [-0.4, -0.2) is 34.9 Å². The van der Waals surface area contributed by atoms with Gasteiger partial charge in [0.15, 0.2) is 0 Å². The smallest absolute Gasteiger partial charge is 0.223 e. The predicted molar refractivity (Wildman–Crippen MR) is 141 cm³/mol. The van der Waals surface area contributed by atoms with Gasteiger partial charge in [0.2, 0.25) is 5.91 Å². The molecule has 0 aliphatic heterocycles. The van der Waals surface area contributed by atoms with Crippen molar-refractivity contribution in [1.29, 1.82) is 0 Å². The van der Waals surface area contributed by atoms with Crippen molar-refractivity contribution >= 4 is 34.1 Å². The SMILES string of the molecule is C=C/C=C(/c1cc(C)nc2c(OCc3c(Cl)cncc3CNC(=O)C3CCC3)cccc12)N(C)C. The van der Waals surface area contributed by atoms with Crippen molar-refractivity contribution in [2.75, 3.05) is 14.1 Å². The fourth-order valence-electron chi connectivity index (χ4n) is 4.23. The maximum absolute atomic E-state index is 12.3. The molecule has 1 saturated carbocycles. The Morgan fingerprint density at radius 3 is 2.80 bits per heavy atom. The molecule has 4 rings (SSSR count). The fraction of sp³-hybridized carbons (Fsp3) is 0.321. The molecule has 1 N–H and O–H groups in total. The minimum Gasteiger partial charge on any atom is -0.487 e. The average Bonchev–Trinajstić information content (AvgIpc) is 2.79. The lowest BCUT2D eigenvalue weighted by molar-refractivity contribution is -0.127. The minimum atomic E-state index is 0.0913. The lowest BCUT2D eigenvalue weighted by Crippen LogP contribution is -2.34. The zero-order valence-corrected chi connectivity index (χ0v) is 21.2. The molecule has 0 saturated heterocycles. The lowest BCUT2D eigenvalue weighted by Gasteiger charge is -2.24. The highest BCUT2D eigenvalue weighted by atomic mass is 35.5. The van der Waals surface area contributed by atoms with Gasteiger partial charge in [-0.05, 0) is 43.5 Å². The van der Waals surface area contributed by atoms with Gasteiger partial charge in [0, 0.05) is 66.9 Å². The fourth-order valence-corrected chi connectivity index (χ4v) is 4.47. The topological polar surface area (TPSA) is 67.4 Å². The summed E-state index contributed by atoms with van der Waals surface area (Å²) in [6.07, 6.45) is 10.2. The average molecular weight is 491 g/mol. The van der Waals surface area contributed by atoms with Crippen LogP contribution in [0.15, 0.2) is 55.4 Å². The van der Waals surface area contributed by atoms with Crippen LogP contribution in [0.4, 0.5) is 0 Å². The van der Waals surface area contributed by atoms with Gasteiger partial charge in [0.1, 0.15) is 17.9 Å². The number of para-hydroxylation sites is 1. The van der Waals surface area contributed by atoms with Crippen LogP contribution < -0.4 is 10.1 Å². The number of carbonyl (C=O) groups excluding carboxylic acids is 1. The molecule has 1 aliphatic carbocycles. The molecule has 0 spiro atoms. The largest absolute Gasteiger partial charge is 0.487 e. The van der Waals surface area contributed by atoms with E-state index in [1.54, 1.807) is 18.5 Å². The van der Waals surface area contributed by atoms with E-state index < -0.39 is 0 Å². The highest BCUT2D eigenvalue weighted by molar-refractivity contribution is 6.31. The standard InChI is InChI=1S/C28H31ClN4O2/c1-5-8-25(33(3)4)22-13-18(2)32-27-21(22)11-7-12-26(27)35-17-23-20(14-30-16-24(23)29)15-31-28(34)19-9-6-10-19/h5,7-8,11-14,16,19H,1,6,9-10,15,17H2,2-4H3,(H,31,34)/b25-8-.